The van der Waals surface area contributed by atoms with Crippen LogP contribution in [0.5, 0.6) is 0 Å². The molecule has 0 saturated heterocycles. The quantitative estimate of drug-likeness (QED) is 0.605. The molecule has 0 heterocycles. The summed E-state index contributed by atoms with van der Waals surface area (Å²) in [6.07, 6.45) is 6.40. The molecule has 0 aromatic heterocycles. The van der Waals surface area contributed by atoms with E-state index in [9.17, 15) is 9.59 Å². The fraction of sp³-hybridized carbons (Fsp3) is 0.857. The first kappa shape index (κ1) is 14.3. The zero-order valence-electron chi connectivity index (χ0n) is 11.4. The van der Waals surface area contributed by atoms with E-state index < -0.39 is 5.97 Å². The lowest BCUT2D eigenvalue weighted by molar-refractivity contribution is -0.144. The highest BCUT2D eigenvalue weighted by Crippen LogP contribution is 2.29. The van der Waals surface area contributed by atoms with Gasteiger partial charge in [-0.15, -0.1) is 0 Å². The molecule has 0 bridgehead atoms. The van der Waals surface area contributed by atoms with Crippen LogP contribution in [0.4, 0.5) is 0 Å². The molecule has 2 aliphatic carbocycles. The van der Waals surface area contributed by atoms with Gasteiger partial charge in [-0.05, 0) is 45.1 Å². The molecule has 5 heteroatoms. The van der Waals surface area contributed by atoms with Gasteiger partial charge in [-0.2, -0.15) is 0 Å². The Morgan fingerprint density at radius 3 is 2.47 bits per heavy atom. The molecule has 1 amide bonds. The summed E-state index contributed by atoms with van der Waals surface area (Å²) in [5.74, 6) is -1.16. The maximum absolute atomic E-state index is 12.0. The van der Waals surface area contributed by atoms with E-state index in [-0.39, 0.29) is 17.7 Å². The molecule has 2 fully saturated rings. The largest absolute Gasteiger partial charge is 0.481 e. The van der Waals surface area contributed by atoms with Gasteiger partial charge in [0.2, 0.25) is 5.91 Å². The summed E-state index contributed by atoms with van der Waals surface area (Å²) < 4.78 is 0. The Balaban J connectivity index is 1.59. The lowest BCUT2D eigenvalue weighted by Crippen LogP contribution is -2.36. The van der Waals surface area contributed by atoms with Crippen molar-refractivity contribution in [3.05, 3.63) is 0 Å². The van der Waals surface area contributed by atoms with E-state index in [0.717, 1.165) is 25.8 Å². The molecule has 0 aromatic carbocycles. The van der Waals surface area contributed by atoms with Gasteiger partial charge < -0.3 is 15.7 Å². The van der Waals surface area contributed by atoms with Crippen molar-refractivity contribution in [1.29, 1.82) is 0 Å². The predicted octanol–water partition coefficient (Wildman–Crippen LogP) is 1.14. The second-order valence-corrected chi connectivity index (χ2v) is 5.77. The third-order valence-corrected chi connectivity index (χ3v) is 4.06. The standard InChI is InChI=1S/C14H24N2O3/c17-13(16-8-2-7-15-12-5-6-12)10-3-1-4-11(9-10)14(18)19/h10-12,15H,1-9H2,(H,16,17)(H,18,19). The topological polar surface area (TPSA) is 78.4 Å². The van der Waals surface area contributed by atoms with Crippen LogP contribution in [0.3, 0.4) is 0 Å². The Morgan fingerprint density at radius 2 is 1.79 bits per heavy atom. The van der Waals surface area contributed by atoms with Crippen molar-refractivity contribution in [3.63, 3.8) is 0 Å². The number of carboxylic acids is 1. The van der Waals surface area contributed by atoms with Crippen molar-refractivity contribution in [2.45, 2.75) is 51.0 Å². The summed E-state index contributed by atoms with van der Waals surface area (Å²) in [5.41, 5.74) is 0. The molecular weight excluding hydrogens is 244 g/mol. The zero-order chi connectivity index (χ0) is 13.7. The van der Waals surface area contributed by atoms with E-state index in [0.29, 0.717) is 25.4 Å². The molecule has 0 aromatic rings. The second-order valence-electron chi connectivity index (χ2n) is 5.77. The average molecular weight is 268 g/mol. The molecule has 2 saturated carbocycles. The zero-order valence-corrected chi connectivity index (χ0v) is 11.4. The van der Waals surface area contributed by atoms with Crippen molar-refractivity contribution in [2.75, 3.05) is 13.1 Å². The maximum atomic E-state index is 12.0. The fourth-order valence-electron chi connectivity index (χ4n) is 2.69. The second kappa shape index (κ2) is 6.89. The van der Waals surface area contributed by atoms with E-state index in [2.05, 4.69) is 10.6 Å². The SMILES string of the molecule is O=C(O)C1CCCC(C(=O)NCCCNC2CC2)C1. The van der Waals surface area contributed by atoms with E-state index in [1.54, 1.807) is 0 Å². The van der Waals surface area contributed by atoms with Gasteiger partial charge in [-0.25, -0.2) is 0 Å². The highest BCUT2D eigenvalue weighted by atomic mass is 16.4. The summed E-state index contributed by atoms with van der Waals surface area (Å²) in [6.45, 7) is 1.64. The Hall–Kier alpha value is -1.10. The van der Waals surface area contributed by atoms with E-state index in [4.69, 9.17) is 5.11 Å². The number of carbonyl (C=O) groups excluding carboxylic acids is 1. The predicted molar refractivity (Wildman–Crippen MR) is 71.7 cm³/mol. The minimum atomic E-state index is -0.758. The first-order chi connectivity index (χ1) is 9.16. The lowest BCUT2D eigenvalue weighted by Gasteiger charge is -2.25. The van der Waals surface area contributed by atoms with Gasteiger partial charge in [0.05, 0.1) is 5.92 Å². The van der Waals surface area contributed by atoms with Gasteiger partial charge >= 0.3 is 5.97 Å². The van der Waals surface area contributed by atoms with Crippen LogP contribution in [-0.2, 0) is 9.59 Å². The van der Waals surface area contributed by atoms with Gasteiger partial charge in [0.15, 0.2) is 0 Å². The highest BCUT2D eigenvalue weighted by molar-refractivity contribution is 5.80. The van der Waals surface area contributed by atoms with Crippen molar-refractivity contribution in [3.8, 4) is 0 Å². The number of hydrogen-bond donors (Lipinski definition) is 3. The molecular formula is C14H24N2O3. The number of nitrogens with one attached hydrogen (secondary N) is 2. The Morgan fingerprint density at radius 1 is 1.05 bits per heavy atom. The summed E-state index contributed by atoms with van der Waals surface area (Å²) in [7, 11) is 0. The van der Waals surface area contributed by atoms with E-state index in [1.807, 2.05) is 0 Å². The van der Waals surface area contributed by atoms with Crippen LogP contribution >= 0.6 is 0 Å². The number of amides is 1. The summed E-state index contributed by atoms with van der Waals surface area (Å²) in [6, 6.07) is 0.713. The number of aliphatic carboxylic acids is 1. The van der Waals surface area contributed by atoms with Gasteiger partial charge in [0.1, 0.15) is 0 Å². The third-order valence-electron chi connectivity index (χ3n) is 4.06. The molecule has 0 radical (unpaired) electrons. The molecule has 108 valence electrons. The van der Waals surface area contributed by atoms with E-state index >= 15 is 0 Å². The monoisotopic (exact) mass is 268 g/mol. The minimum absolute atomic E-state index is 0.0392. The van der Waals surface area contributed by atoms with Crippen LogP contribution in [-0.4, -0.2) is 36.1 Å². The van der Waals surface area contributed by atoms with Crippen molar-refractivity contribution in [1.82, 2.24) is 10.6 Å². The normalized spacial score (nSPS) is 26.9. The molecule has 2 atom stereocenters. The molecule has 2 rings (SSSR count). The van der Waals surface area contributed by atoms with Crippen molar-refractivity contribution in [2.24, 2.45) is 11.8 Å². The van der Waals surface area contributed by atoms with Gasteiger partial charge in [0, 0.05) is 18.5 Å². The van der Waals surface area contributed by atoms with Gasteiger partial charge in [-0.3, -0.25) is 9.59 Å². The van der Waals surface area contributed by atoms with Gasteiger partial charge in [-0.1, -0.05) is 6.42 Å². The smallest absolute Gasteiger partial charge is 0.306 e. The molecule has 19 heavy (non-hydrogen) atoms. The van der Waals surface area contributed by atoms with Gasteiger partial charge in [0.25, 0.3) is 0 Å². The highest BCUT2D eigenvalue weighted by Gasteiger charge is 2.30. The Kier molecular flexibility index (Phi) is 5.19. The molecule has 5 nitrogen and oxygen atoms in total. The first-order valence-electron chi connectivity index (χ1n) is 7.40. The molecule has 0 aliphatic heterocycles. The molecule has 3 N–H and O–H groups in total. The minimum Gasteiger partial charge on any atom is -0.481 e. The van der Waals surface area contributed by atoms with E-state index in [1.165, 1.54) is 12.8 Å². The van der Waals surface area contributed by atoms with Crippen molar-refractivity contribution >= 4 is 11.9 Å². The van der Waals surface area contributed by atoms with Crippen LogP contribution in [0.1, 0.15) is 44.9 Å². The molecule has 0 spiro atoms. The summed E-state index contributed by atoms with van der Waals surface area (Å²) >= 11 is 0. The number of carboxylic acid groups (broad SMARTS) is 1. The first-order valence-corrected chi connectivity index (χ1v) is 7.40. The number of carbonyl (C=O) groups is 2. The third kappa shape index (κ3) is 4.82. The molecule has 2 unspecified atom stereocenters. The van der Waals surface area contributed by atoms with Crippen LogP contribution in [0.2, 0.25) is 0 Å². The van der Waals surface area contributed by atoms with Crippen molar-refractivity contribution < 1.29 is 14.7 Å². The lowest BCUT2D eigenvalue weighted by atomic mass is 9.81. The average Bonchev–Trinajstić information content (AvgIpc) is 3.22. The Bertz CT molecular complexity index is 329. The maximum Gasteiger partial charge on any atom is 0.306 e. The van der Waals surface area contributed by atoms with Crippen LogP contribution in [0.25, 0.3) is 0 Å². The van der Waals surface area contributed by atoms with Crippen LogP contribution in [0.15, 0.2) is 0 Å². The summed E-state index contributed by atoms with van der Waals surface area (Å²) in [5, 5.41) is 15.3. The number of rotatable bonds is 7. The van der Waals surface area contributed by atoms with Crippen LogP contribution < -0.4 is 10.6 Å². The number of hydrogen-bond acceptors (Lipinski definition) is 3. The molecule has 2 aliphatic rings. The van der Waals surface area contributed by atoms with Crippen LogP contribution in [0, 0.1) is 11.8 Å². The summed E-state index contributed by atoms with van der Waals surface area (Å²) in [4.78, 5) is 22.9. The Labute approximate surface area is 114 Å². The fourth-order valence-corrected chi connectivity index (χ4v) is 2.69.